The van der Waals surface area contributed by atoms with Crippen molar-refractivity contribution in [2.75, 3.05) is 11.9 Å². The number of thiophene rings is 1. The Morgan fingerprint density at radius 3 is 2.68 bits per heavy atom. The van der Waals surface area contributed by atoms with E-state index in [1.165, 1.54) is 6.92 Å². The summed E-state index contributed by atoms with van der Waals surface area (Å²) in [5.74, 6) is -0.739. The van der Waals surface area contributed by atoms with Crippen LogP contribution in [0.4, 0.5) is 5.69 Å². The number of nitrogens with zero attached hydrogens (tertiary/aromatic N) is 1. The van der Waals surface area contributed by atoms with Crippen LogP contribution in [0.5, 0.6) is 0 Å². The van der Waals surface area contributed by atoms with E-state index in [1.807, 2.05) is 24.6 Å². The summed E-state index contributed by atoms with van der Waals surface area (Å²) in [7, 11) is 1.82. The first-order valence-corrected chi connectivity index (χ1v) is 8.55. The van der Waals surface area contributed by atoms with Crippen molar-refractivity contribution in [3.63, 3.8) is 0 Å². The molecule has 2 amide bonds. The summed E-state index contributed by atoms with van der Waals surface area (Å²) in [5, 5.41) is 7.25. The lowest BCUT2D eigenvalue weighted by Gasteiger charge is -2.08. The largest absolute Gasteiger partial charge is 0.342 e. The number of aryl methyl sites for hydroxylation is 1. The summed E-state index contributed by atoms with van der Waals surface area (Å²) in [5.41, 5.74) is 2.53. The number of carbonyl (C=O) groups is 3. The molecule has 2 aromatic heterocycles. The molecule has 0 aliphatic carbocycles. The standard InChI is InChI=1S/C18H17N3O3S/c1-11(22)12-4-3-5-13(8-12)20-17(23)10-19-18(24)15-9-16-14(21(15)2)6-7-25-16/h3-9H,10H2,1-2H3,(H,19,24)(H,20,23). The Morgan fingerprint density at radius 1 is 1.16 bits per heavy atom. The molecule has 0 fully saturated rings. The number of nitrogens with one attached hydrogen (secondary N) is 2. The third kappa shape index (κ3) is 3.61. The lowest BCUT2D eigenvalue weighted by Crippen LogP contribution is -2.33. The van der Waals surface area contributed by atoms with E-state index in [0.717, 1.165) is 10.2 Å². The zero-order valence-electron chi connectivity index (χ0n) is 13.8. The van der Waals surface area contributed by atoms with Crippen LogP contribution in [-0.4, -0.2) is 28.7 Å². The molecule has 0 radical (unpaired) electrons. The minimum atomic E-state index is -0.356. The van der Waals surface area contributed by atoms with Crippen molar-refractivity contribution in [1.82, 2.24) is 9.88 Å². The molecule has 0 unspecified atom stereocenters. The van der Waals surface area contributed by atoms with Crippen LogP contribution < -0.4 is 10.6 Å². The number of Topliss-reactive ketones (excluding diaryl/α,β-unsaturated/α-hetero) is 1. The Balaban J connectivity index is 1.61. The van der Waals surface area contributed by atoms with Crippen LogP contribution in [0.25, 0.3) is 10.2 Å². The summed E-state index contributed by atoms with van der Waals surface area (Å²) in [6, 6.07) is 10.4. The topological polar surface area (TPSA) is 80.2 Å². The van der Waals surface area contributed by atoms with Crippen LogP contribution in [0, 0.1) is 0 Å². The first-order chi connectivity index (χ1) is 12.0. The zero-order chi connectivity index (χ0) is 18.0. The summed E-state index contributed by atoms with van der Waals surface area (Å²) >= 11 is 1.56. The molecular formula is C18H17N3O3S. The average Bonchev–Trinajstić information content (AvgIpc) is 3.16. The highest BCUT2D eigenvalue weighted by atomic mass is 32.1. The Morgan fingerprint density at radius 2 is 1.96 bits per heavy atom. The number of hydrogen-bond donors (Lipinski definition) is 2. The number of ketones is 1. The smallest absolute Gasteiger partial charge is 0.268 e. The number of benzene rings is 1. The van der Waals surface area contributed by atoms with E-state index in [9.17, 15) is 14.4 Å². The first kappa shape index (κ1) is 16.9. The van der Waals surface area contributed by atoms with Gasteiger partial charge in [-0.25, -0.2) is 0 Å². The summed E-state index contributed by atoms with van der Waals surface area (Å²) in [4.78, 5) is 35.7. The van der Waals surface area contributed by atoms with Crippen molar-refractivity contribution in [1.29, 1.82) is 0 Å². The number of fused-ring (bicyclic) bond motifs is 1. The fraction of sp³-hybridized carbons (Fsp3) is 0.167. The SMILES string of the molecule is CC(=O)c1cccc(NC(=O)CNC(=O)c2cc3sccc3n2C)c1. The van der Waals surface area contributed by atoms with Crippen LogP contribution in [0.3, 0.4) is 0 Å². The van der Waals surface area contributed by atoms with Gasteiger partial charge >= 0.3 is 0 Å². The highest BCUT2D eigenvalue weighted by molar-refractivity contribution is 7.17. The molecule has 1 aromatic carbocycles. The molecule has 7 heteroatoms. The van der Waals surface area contributed by atoms with Gasteiger partial charge in [-0.3, -0.25) is 14.4 Å². The van der Waals surface area contributed by atoms with Crippen molar-refractivity contribution >= 4 is 44.8 Å². The fourth-order valence-electron chi connectivity index (χ4n) is 2.54. The fourth-order valence-corrected chi connectivity index (χ4v) is 3.39. The van der Waals surface area contributed by atoms with Gasteiger partial charge in [-0.2, -0.15) is 0 Å². The second kappa shape index (κ2) is 6.90. The molecule has 0 aliphatic rings. The highest BCUT2D eigenvalue weighted by Crippen LogP contribution is 2.23. The van der Waals surface area contributed by atoms with Gasteiger partial charge in [0.1, 0.15) is 5.69 Å². The predicted octanol–water partition coefficient (Wildman–Crippen LogP) is 2.81. The van der Waals surface area contributed by atoms with Crippen LogP contribution in [0.2, 0.25) is 0 Å². The van der Waals surface area contributed by atoms with Gasteiger partial charge in [0.25, 0.3) is 5.91 Å². The maximum absolute atomic E-state index is 12.3. The Labute approximate surface area is 148 Å². The molecule has 0 bridgehead atoms. The molecule has 2 N–H and O–H groups in total. The van der Waals surface area contributed by atoms with Gasteiger partial charge in [0.2, 0.25) is 5.91 Å². The molecule has 3 aromatic rings. The lowest BCUT2D eigenvalue weighted by atomic mass is 10.1. The van der Waals surface area contributed by atoms with Crippen molar-refractivity contribution < 1.29 is 14.4 Å². The van der Waals surface area contributed by atoms with Crippen molar-refractivity contribution in [2.24, 2.45) is 7.05 Å². The minimum Gasteiger partial charge on any atom is -0.342 e. The van der Waals surface area contributed by atoms with Gasteiger partial charge in [-0.1, -0.05) is 12.1 Å². The number of rotatable bonds is 5. The maximum atomic E-state index is 12.3. The molecule has 0 spiro atoms. The zero-order valence-corrected chi connectivity index (χ0v) is 14.6. The monoisotopic (exact) mass is 355 g/mol. The van der Waals surface area contributed by atoms with Crippen LogP contribution in [0.15, 0.2) is 41.8 Å². The summed E-state index contributed by atoms with van der Waals surface area (Å²) in [6.07, 6.45) is 0. The third-order valence-corrected chi connectivity index (χ3v) is 4.71. The Kier molecular flexibility index (Phi) is 4.67. The number of hydrogen-bond acceptors (Lipinski definition) is 4. The quantitative estimate of drug-likeness (QED) is 0.691. The molecule has 2 heterocycles. The molecular weight excluding hydrogens is 338 g/mol. The number of carbonyl (C=O) groups excluding carboxylic acids is 3. The molecule has 6 nitrogen and oxygen atoms in total. The van der Waals surface area contributed by atoms with Gasteiger partial charge in [0, 0.05) is 18.3 Å². The van der Waals surface area contributed by atoms with E-state index in [0.29, 0.717) is 16.9 Å². The van der Waals surface area contributed by atoms with Crippen molar-refractivity contribution in [3.8, 4) is 0 Å². The van der Waals surface area contributed by atoms with E-state index in [1.54, 1.807) is 40.2 Å². The van der Waals surface area contributed by atoms with E-state index in [2.05, 4.69) is 10.6 Å². The van der Waals surface area contributed by atoms with Gasteiger partial charge in [-0.05, 0) is 36.6 Å². The van der Waals surface area contributed by atoms with Gasteiger partial charge < -0.3 is 15.2 Å². The second-order valence-corrected chi connectivity index (χ2v) is 6.57. The third-order valence-electron chi connectivity index (χ3n) is 3.86. The minimum absolute atomic E-state index is 0.0759. The molecule has 0 saturated heterocycles. The first-order valence-electron chi connectivity index (χ1n) is 7.67. The summed E-state index contributed by atoms with van der Waals surface area (Å²) < 4.78 is 2.83. The van der Waals surface area contributed by atoms with Crippen molar-refractivity contribution in [3.05, 3.63) is 53.0 Å². The normalized spacial score (nSPS) is 10.6. The number of aromatic nitrogens is 1. The van der Waals surface area contributed by atoms with Crippen molar-refractivity contribution in [2.45, 2.75) is 6.92 Å². The molecule has 0 aliphatic heterocycles. The van der Waals surface area contributed by atoms with Crippen LogP contribution in [0.1, 0.15) is 27.8 Å². The second-order valence-electron chi connectivity index (χ2n) is 5.63. The average molecular weight is 355 g/mol. The summed E-state index contributed by atoms with van der Waals surface area (Å²) in [6.45, 7) is 1.31. The van der Waals surface area contributed by atoms with Gasteiger partial charge in [0.15, 0.2) is 5.78 Å². The molecule has 0 saturated carbocycles. The van der Waals surface area contributed by atoms with Crippen LogP contribution >= 0.6 is 11.3 Å². The highest BCUT2D eigenvalue weighted by Gasteiger charge is 2.15. The van der Waals surface area contributed by atoms with Crippen LogP contribution in [-0.2, 0) is 11.8 Å². The van der Waals surface area contributed by atoms with E-state index < -0.39 is 0 Å². The molecule has 0 atom stereocenters. The molecule has 25 heavy (non-hydrogen) atoms. The molecule has 3 rings (SSSR count). The molecule has 128 valence electrons. The predicted molar refractivity (Wildman–Crippen MR) is 98.2 cm³/mol. The maximum Gasteiger partial charge on any atom is 0.268 e. The number of amides is 2. The Bertz CT molecular complexity index is 971. The number of anilines is 1. The van der Waals surface area contributed by atoms with E-state index >= 15 is 0 Å². The van der Waals surface area contributed by atoms with E-state index in [-0.39, 0.29) is 24.1 Å². The lowest BCUT2D eigenvalue weighted by molar-refractivity contribution is -0.115. The van der Waals surface area contributed by atoms with Gasteiger partial charge in [0.05, 0.1) is 16.8 Å². The van der Waals surface area contributed by atoms with E-state index in [4.69, 9.17) is 0 Å². The Hall–Kier alpha value is -2.93. The van der Waals surface area contributed by atoms with Gasteiger partial charge in [-0.15, -0.1) is 11.3 Å².